The van der Waals surface area contributed by atoms with E-state index in [2.05, 4.69) is 22.1 Å². The molecule has 154 valence electrons. The summed E-state index contributed by atoms with van der Waals surface area (Å²) in [5.74, 6) is 1.33. The van der Waals surface area contributed by atoms with Crippen LogP contribution in [0.2, 0.25) is 0 Å². The number of thiocarbonyl (C=S) groups is 1. The number of benzene rings is 1. The number of nitro groups is 1. The van der Waals surface area contributed by atoms with Crippen LogP contribution in [0, 0.1) is 10.1 Å². The molecule has 3 heterocycles. The maximum absolute atomic E-state index is 11.1. The number of pyridine rings is 1. The summed E-state index contributed by atoms with van der Waals surface area (Å²) in [6.07, 6.45) is 3.82. The minimum absolute atomic E-state index is 0.0325. The summed E-state index contributed by atoms with van der Waals surface area (Å²) in [7, 11) is 0. The van der Waals surface area contributed by atoms with Crippen molar-refractivity contribution in [1.82, 2.24) is 15.2 Å². The van der Waals surface area contributed by atoms with Crippen LogP contribution in [0.5, 0.6) is 0 Å². The maximum atomic E-state index is 11.1. The van der Waals surface area contributed by atoms with Crippen molar-refractivity contribution < 1.29 is 9.34 Å². The van der Waals surface area contributed by atoms with Crippen LogP contribution in [0.4, 0.5) is 5.69 Å². The second kappa shape index (κ2) is 8.62. The van der Waals surface area contributed by atoms with Gasteiger partial charge in [0, 0.05) is 30.4 Å². The molecule has 1 aromatic carbocycles. The van der Waals surface area contributed by atoms with Crippen LogP contribution >= 0.6 is 12.2 Å². The first-order valence-electron chi connectivity index (χ1n) is 9.91. The highest BCUT2D eigenvalue weighted by Gasteiger charge is 2.41. The van der Waals surface area contributed by atoms with Crippen molar-refractivity contribution in [2.45, 2.75) is 31.8 Å². The minimum Gasteiger partial charge on any atom is -0.459 e. The molecule has 1 aliphatic rings. The minimum atomic E-state index is -0.406. The van der Waals surface area contributed by atoms with Gasteiger partial charge in [-0.1, -0.05) is 31.5 Å². The summed E-state index contributed by atoms with van der Waals surface area (Å²) in [5.41, 5.74) is 1.58. The molecule has 4 rings (SSSR count). The number of nitrogens with one attached hydrogen (secondary N) is 1. The number of nitro benzene ring substituents is 1. The van der Waals surface area contributed by atoms with Crippen molar-refractivity contribution in [2.75, 3.05) is 6.54 Å². The summed E-state index contributed by atoms with van der Waals surface area (Å²) >= 11 is 5.62. The van der Waals surface area contributed by atoms with E-state index in [0.717, 1.165) is 30.8 Å². The molecule has 0 aliphatic carbocycles. The molecule has 30 heavy (non-hydrogen) atoms. The van der Waals surface area contributed by atoms with Crippen LogP contribution in [-0.4, -0.2) is 26.5 Å². The van der Waals surface area contributed by atoms with E-state index in [1.165, 1.54) is 12.1 Å². The van der Waals surface area contributed by atoms with E-state index in [1.54, 1.807) is 18.3 Å². The fraction of sp³-hybridized carbons (Fsp3) is 0.273. The zero-order chi connectivity index (χ0) is 21.1. The molecule has 1 saturated heterocycles. The van der Waals surface area contributed by atoms with Crippen molar-refractivity contribution in [3.05, 3.63) is 82.4 Å². The van der Waals surface area contributed by atoms with Gasteiger partial charge in [-0.2, -0.15) is 0 Å². The molecule has 3 aromatic rings. The molecule has 1 aliphatic heterocycles. The molecule has 0 radical (unpaired) electrons. The van der Waals surface area contributed by atoms with E-state index in [9.17, 15) is 10.1 Å². The lowest BCUT2D eigenvalue weighted by atomic mass is 10.0. The molecule has 8 heteroatoms. The van der Waals surface area contributed by atoms with Crippen molar-refractivity contribution in [3.8, 4) is 11.3 Å². The standard InChI is InChI=1S/C22H22N4O3S/c1-2-3-13-25-21(20(24-22(25)30)17-9-4-5-12-23-17)19-11-10-18(29-19)15-7-6-8-16(14-15)26(27)28/h4-12,14,20-21H,2-3,13H2,1H3,(H,24,30)/t20-,21+/m0/s1. The zero-order valence-electron chi connectivity index (χ0n) is 16.5. The second-order valence-corrected chi connectivity index (χ2v) is 7.57. The summed E-state index contributed by atoms with van der Waals surface area (Å²) in [6, 6.07) is 15.7. The Labute approximate surface area is 179 Å². The summed E-state index contributed by atoms with van der Waals surface area (Å²) in [5, 5.41) is 15.2. The van der Waals surface area contributed by atoms with Crippen LogP contribution in [-0.2, 0) is 0 Å². The third-order valence-corrected chi connectivity index (χ3v) is 5.56. The first-order chi connectivity index (χ1) is 14.6. The quantitative estimate of drug-likeness (QED) is 0.325. The van der Waals surface area contributed by atoms with Crippen LogP contribution in [0.1, 0.15) is 43.3 Å². The summed E-state index contributed by atoms with van der Waals surface area (Å²) in [6.45, 7) is 2.95. The topological polar surface area (TPSA) is 84.4 Å². The lowest BCUT2D eigenvalue weighted by Crippen LogP contribution is -2.30. The van der Waals surface area contributed by atoms with Gasteiger partial charge in [-0.05, 0) is 42.9 Å². The van der Waals surface area contributed by atoms with Gasteiger partial charge in [0.25, 0.3) is 5.69 Å². The van der Waals surface area contributed by atoms with Crippen LogP contribution in [0.3, 0.4) is 0 Å². The van der Waals surface area contributed by atoms with E-state index >= 15 is 0 Å². The van der Waals surface area contributed by atoms with Gasteiger partial charge in [-0.15, -0.1) is 0 Å². The largest absolute Gasteiger partial charge is 0.459 e. The number of nitrogens with zero attached hydrogens (tertiary/aromatic N) is 3. The molecule has 2 atom stereocenters. The van der Waals surface area contributed by atoms with Gasteiger partial charge in [-0.25, -0.2) is 0 Å². The van der Waals surface area contributed by atoms with Gasteiger partial charge in [0.1, 0.15) is 17.6 Å². The van der Waals surface area contributed by atoms with Crippen molar-refractivity contribution in [3.63, 3.8) is 0 Å². The van der Waals surface area contributed by atoms with Gasteiger partial charge < -0.3 is 14.6 Å². The van der Waals surface area contributed by atoms with E-state index in [0.29, 0.717) is 16.4 Å². The number of unbranched alkanes of at least 4 members (excludes halogenated alkanes) is 1. The first-order valence-corrected chi connectivity index (χ1v) is 10.3. The van der Waals surface area contributed by atoms with Gasteiger partial charge in [0.2, 0.25) is 0 Å². The predicted molar refractivity (Wildman–Crippen MR) is 118 cm³/mol. The van der Waals surface area contributed by atoms with Gasteiger partial charge in [0.15, 0.2) is 5.11 Å². The monoisotopic (exact) mass is 422 g/mol. The summed E-state index contributed by atoms with van der Waals surface area (Å²) < 4.78 is 6.21. The van der Waals surface area contributed by atoms with Crippen LogP contribution < -0.4 is 5.32 Å². The van der Waals surface area contributed by atoms with Crippen molar-refractivity contribution in [1.29, 1.82) is 0 Å². The SMILES string of the molecule is CCCCN1C(=S)N[C@@H](c2ccccn2)[C@H]1c1ccc(-c2cccc([N+](=O)[O-])c2)o1. The lowest BCUT2D eigenvalue weighted by molar-refractivity contribution is -0.384. The molecule has 1 fully saturated rings. The number of non-ortho nitro benzene ring substituents is 1. The van der Waals surface area contributed by atoms with E-state index < -0.39 is 4.92 Å². The highest BCUT2D eigenvalue weighted by molar-refractivity contribution is 7.80. The molecule has 0 spiro atoms. The van der Waals surface area contributed by atoms with Crippen molar-refractivity contribution in [2.24, 2.45) is 0 Å². The number of hydrogen-bond donors (Lipinski definition) is 1. The lowest BCUT2D eigenvalue weighted by Gasteiger charge is -2.25. The zero-order valence-corrected chi connectivity index (χ0v) is 17.3. The molecular formula is C22H22N4O3S. The normalized spacial score (nSPS) is 18.4. The Bertz CT molecular complexity index is 1050. The summed E-state index contributed by atoms with van der Waals surface area (Å²) in [4.78, 5) is 17.4. The van der Waals surface area contributed by atoms with Crippen LogP contribution in [0.15, 0.2) is 65.2 Å². The predicted octanol–water partition coefficient (Wildman–Crippen LogP) is 5.02. The number of hydrogen-bond acceptors (Lipinski definition) is 5. The average Bonchev–Trinajstić information content (AvgIpc) is 3.37. The Morgan fingerprint density at radius 1 is 1.23 bits per heavy atom. The van der Waals surface area contributed by atoms with Gasteiger partial charge >= 0.3 is 0 Å². The smallest absolute Gasteiger partial charge is 0.270 e. The molecule has 0 saturated carbocycles. The Balaban J connectivity index is 1.71. The molecule has 0 unspecified atom stereocenters. The molecule has 0 bridgehead atoms. The Hall–Kier alpha value is -3.26. The van der Waals surface area contributed by atoms with Gasteiger partial charge in [-0.3, -0.25) is 15.1 Å². The highest BCUT2D eigenvalue weighted by atomic mass is 32.1. The van der Waals surface area contributed by atoms with E-state index in [4.69, 9.17) is 16.6 Å². The second-order valence-electron chi connectivity index (χ2n) is 7.18. The highest BCUT2D eigenvalue weighted by Crippen LogP contribution is 2.40. The average molecular weight is 423 g/mol. The Morgan fingerprint density at radius 3 is 2.83 bits per heavy atom. The fourth-order valence-corrected chi connectivity index (χ4v) is 4.06. The molecular weight excluding hydrogens is 400 g/mol. The molecule has 0 amide bonds. The Morgan fingerprint density at radius 2 is 2.10 bits per heavy atom. The third kappa shape index (κ3) is 3.91. The number of furan rings is 1. The van der Waals surface area contributed by atoms with E-state index in [-0.39, 0.29) is 17.8 Å². The first kappa shape index (κ1) is 20.0. The van der Waals surface area contributed by atoms with Gasteiger partial charge in [0.05, 0.1) is 16.7 Å². The number of aromatic nitrogens is 1. The molecule has 1 N–H and O–H groups in total. The molecule has 2 aromatic heterocycles. The fourth-order valence-electron chi connectivity index (χ4n) is 3.72. The van der Waals surface area contributed by atoms with Crippen LogP contribution in [0.25, 0.3) is 11.3 Å². The molecule has 7 nitrogen and oxygen atoms in total. The Kier molecular flexibility index (Phi) is 5.76. The number of rotatable bonds is 7. The van der Waals surface area contributed by atoms with Crippen molar-refractivity contribution >= 4 is 23.0 Å². The third-order valence-electron chi connectivity index (χ3n) is 5.21. The maximum Gasteiger partial charge on any atom is 0.270 e. The van der Waals surface area contributed by atoms with E-state index in [1.807, 2.05) is 30.3 Å².